The molecule has 0 spiro atoms. The van der Waals surface area contributed by atoms with E-state index in [1.807, 2.05) is 25.1 Å². The maximum atomic E-state index is 12.8. The van der Waals surface area contributed by atoms with E-state index in [1.54, 1.807) is 23.1 Å². The van der Waals surface area contributed by atoms with Gasteiger partial charge in [-0.25, -0.2) is 8.42 Å². The SMILES string of the molecule is Cc1cc(N(CC(=O)N2CCc3ccccc3C2)S(C)(=O)=O)ccc1Br. The van der Waals surface area contributed by atoms with Crippen molar-refractivity contribution in [2.75, 3.05) is 23.7 Å². The summed E-state index contributed by atoms with van der Waals surface area (Å²) in [6.07, 6.45) is 1.92. The Labute approximate surface area is 162 Å². The molecule has 138 valence electrons. The minimum atomic E-state index is -3.57. The predicted octanol–water partition coefficient (Wildman–Crippen LogP) is 3.11. The molecule has 0 saturated heterocycles. The average Bonchev–Trinajstić information content (AvgIpc) is 2.60. The first-order chi connectivity index (χ1) is 12.3. The lowest BCUT2D eigenvalue weighted by atomic mass is 10.00. The molecule has 2 aromatic carbocycles. The zero-order valence-corrected chi connectivity index (χ0v) is 17.2. The van der Waals surface area contributed by atoms with Crippen molar-refractivity contribution in [1.29, 1.82) is 0 Å². The van der Waals surface area contributed by atoms with E-state index in [-0.39, 0.29) is 12.5 Å². The molecule has 1 aliphatic heterocycles. The Balaban J connectivity index is 1.81. The Morgan fingerprint density at radius 2 is 1.88 bits per heavy atom. The van der Waals surface area contributed by atoms with E-state index in [2.05, 4.69) is 22.0 Å². The van der Waals surface area contributed by atoms with Crippen LogP contribution >= 0.6 is 15.9 Å². The fourth-order valence-corrected chi connectivity index (χ4v) is 4.20. The summed E-state index contributed by atoms with van der Waals surface area (Å²) < 4.78 is 26.6. The molecule has 0 fully saturated rings. The van der Waals surface area contributed by atoms with Crippen LogP contribution in [0.25, 0.3) is 0 Å². The third kappa shape index (κ3) is 4.10. The first-order valence-corrected chi connectivity index (χ1v) is 11.0. The molecular formula is C19H21BrN2O3S. The van der Waals surface area contributed by atoms with Crippen molar-refractivity contribution in [3.8, 4) is 0 Å². The van der Waals surface area contributed by atoms with Gasteiger partial charge in [0.2, 0.25) is 15.9 Å². The summed E-state index contributed by atoms with van der Waals surface area (Å²) in [4.78, 5) is 14.5. The molecule has 1 heterocycles. The second-order valence-electron chi connectivity index (χ2n) is 6.54. The Morgan fingerprint density at radius 1 is 1.19 bits per heavy atom. The van der Waals surface area contributed by atoms with Crippen molar-refractivity contribution in [2.45, 2.75) is 19.9 Å². The second kappa shape index (κ2) is 7.40. The predicted molar refractivity (Wildman–Crippen MR) is 107 cm³/mol. The number of rotatable bonds is 4. The minimum Gasteiger partial charge on any atom is -0.336 e. The molecule has 0 radical (unpaired) electrons. The quantitative estimate of drug-likeness (QED) is 0.739. The van der Waals surface area contributed by atoms with Gasteiger partial charge in [0.1, 0.15) is 6.54 Å². The van der Waals surface area contributed by atoms with E-state index >= 15 is 0 Å². The molecule has 0 bridgehead atoms. The van der Waals surface area contributed by atoms with Crippen LogP contribution in [0.2, 0.25) is 0 Å². The van der Waals surface area contributed by atoms with Gasteiger partial charge in [-0.05, 0) is 48.2 Å². The van der Waals surface area contributed by atoms with Crippen LogP contribution in [0, 0.1) is 6.92 Å². The highest BCUT2D eigenvalue weighted by atomic mass is 79.9. The largest absolute Gasteiger partial charge is 0.336 e. The summed E-state index contributed by atoms with van der Waals surface area (Å²) in [5.41, 5.74) is 3.78. The zero-order valence-electron chi connectivity index (χ0n) is 14.8. The highest BCUT2D eigenvalue weighted by molar-refractivity contribution is 9.10. The van der Waals surface area contributed by atoms with Gasteiger partial charge in [-0.15, -0.1) is 0 Å². The maximum Gasteiger partial charge on any atom is 0.243 e. The Bertz CT molecular complexity index is 944. The smallest absolute Gasteiger partial charge is 0.243 e. The minimum absolute atomic E-state index is 0.189. The summed E-state index contributed by atoms with van der Waals surface area (Å²) in [7, 11) is -3.57. The first kappa shape index (κ1) is 18.9. The number of aryl methyl sites for hydroxylation is 1. The van der Waals surface area contributed by atoms with Gasteiger partial charge in [-0.3, -0.25) is 9.10 Å². The number of nitrogens with zero attached hydrogens (tertiary/aromatic N) is 2. The highest BCUT2D eigenvalue weighted by Gasteiger charge is 2.26. The molecule has 5 nitrogen and oxygen atoms in total. The maximum absolute atomic E-state index is 12.8. The summed E-state index contributed by atoms with van der Waals surface area (Å²) in [6.45, 7) is 2.82. The van der Waals surface area contributed by atoms with Gasteiger partial charge >= 0.3 is 0 Å². The molecule has 2 aromatic rings. The number of benzene rings is 2. The van der Waals surface area contributed by atoms with Crippen LogP contribution in [0.15, 0.2) is 46.9 Å². The van der Waals surface area contributed by atoms with Crippen molar-refractivity contribution in [3.05, 3.63) is 63.6 Å². The van der Waals surface area contributed by atoms with Crippen LogP contribution in [-0.4, -0.2) is 38.6 Å². The molecule has 7 heteroatoms. The van der Waals surface area contributed by atoms with Crippen LogP contribution in [0.4, 0.5) is 5.69 Å². The zero-order chi connectivity index (χ0) is 18.9. The van der Waals surface area contributed by atoms with Gasteiger partial charge in [0.15, 0.2) is 0 Å². The van der Waals surface area contributed by atoms with Gasteiger partial charge in [0, 0.05) is 17.6 Å². The molecule has 0 aromatic heterocycles. The lowest BCUT2D eigenvalue weighted by Gasteiger charge is -2.31. The van der Waals surface area contributed by atoms with E-state index in [0.717, 1.165) is 28.3 Å². The number of anilines is 1. The summed E-state index contributed by atoms with van der Waals surface area (Å²) >= 11 is 3.41. The number of fused-ring (bicyclic) bond motifs is 1. The average molecular weight is 437 g/mol. The molecule has 0 N–H and O–H groups in total. The first-order valence-electron chi connectivity index (χ1n) is 8.34. The molecule has 1 aliphatic rings. The van der Waals surface area contributed by atoms with Crippen LogP contribution < -0.4 is 4.31 Å². The van der Waals surface area contributed by atoms with Crippen LogP contribution in [0.1, 0.15) is 16.7 Å². The fraction of sp³-hybridized carbons (Fsp3) is 0.316. The van der Waals surface area contributed by atoms with E-state index in [9.17, 15) is 13.2 Å². The standard InChI is InChI=1S/C19H21BrN2O3S/c1-14-11-17(7-8-18(14)20)22(26(2,24)25)13-19(23)21-10-9-15-5-3-4-6-16(15)12-21/h3-8,11H,9-10,12-13H2,1-2H3. The lowest BCUT2D eigenvalue weighted by Crippen LogP contribution is -2.44. The van der Waals surface area contributed by atoms with Gasteiger partial charge in [0.05, 0.1) is 11.9 Å². The third-order valence-corrected chi connectivity index (χ3v) is 6.62. The number of carbonyl (C=O) groups is 1. The van der Waals surface area contributed by atoms with Gasteiger partial charge in [0.25, 0.3) is 0 Å². The Hall–Kier alpha value is -1.86. The molecule has 0 saturated carbocycles. The van der Waals surface area contributed by atoms with Crippen LogP contribution in [-0.2, 0) is 27.8 Å². The number of hydrogen-bond donors (Lipinski definition) is 0. The fourth-order valence-electron chi connectivity index (χ4n) is 3.12. The van der Waals surface area contributed by atoms with Crippen LogP contribution in [0.5, 0.6) is 0 Å². The normalized spacial score (nSPS) is 14.0. The summed E-state index contributed by atoms with van der Waals surface area (Å²) in [5.74, 6) is -0.189. The van der Waals surface area contributed by atoms with E-state index < -0.39 is 10.0 Å². The number of hydrogen-bond acceptors (Lipinski definition) is 3. The van der Waals surface area contributed by atoms with Crippen molar-refractivity contribution >= 4 is 37.5 Å². The molecule has 0 unspecified atom stereocenters. The molecule has 1 amide bonds. The number of amides is 1. The summed E-state index contributed by atoms with van der Waals surface area (Å²) in [6, 6.07) is 13.3. The molecule has 0 aliphatic carbocycles. The molecule has 3 rings (SSSR count). The Morgan fingerprint density at radius 3 is 2.54 bits per heavy atom. The second-order valence-corrected chi connectivity index (χ2v) is 9.30. The van der Waals surface area contributed by atoms with E-state index in [0.29, 0.717) is 18.8 Å². The lowest BCUT2D eigenvalue weighted by molar-refractivity contribution is -0.130. The third-order valence-electron chi connectivity index (χ3n) is 4.59. The van der Waals surface area contributed by atoms with Crippen LogP contribution in [0.3, 0.4) is 0 Å². The van der Waals surface area contributed by atoms with Crippen molar-refractivity contribution in [2.24, 2.45) is 0 Å². The Kier molecular flexibility index (Phi) is 5.39. The number of sulfonamides is 1. The van der Waals surface area contributed by atoms with Gasteiger partial charge in [-0.1, -0.05) is 40.2 Å². The highest BCUT2D eigenvalue weighted by Crippen LogP contribution is 2.25. The number of carbonyl (C=O) groups excluding carboxylic acids is 1. The van der Waals surface area contributed by atoms with E-state index in [1.165, 1.54) is 9.87 Å². The number of halogens is 1. The summed E-state index contributed by atoms with van der Waals surface area (Å²) in [5, 5.41) is 0. The monoisotopic (exact) mass is 436 g/mol. The topological polar surface area (TPSA) is 57.7 Å². The molecular weight excluding hydrogens is 416 g/mol. The van der Waals surface area contributed by atoms with Crippen molar-refractivity contribution < 1.29 is 13.2 Å². The van der Waals surface area contributed by atoms with Crippen molar-refractivity contribution in [3.63, 3.8) is 0 Å². The molecule has 26 heavy (non-hydrogen) atoms. The van der Waals surface area contributed by atoms with E-state index in [4.69, 9.17) is 0 Å². The van der Waals surface area contributed by atoms with Crippen molar-refractivity contribution in [1.82, 2.24) is 4.90 Å². The van der Waals surface area contributed by atoms with Gasteiger partial charge < -0.3 is 4.90 Å². The molecule has 0 atom stereocenters. The van der Waals surface area contributed by atoms with Gasteiger partial charge in [-0.2, -0.15) is 0 Å².